The third-order valence-corrected chi connectivity index (χ3v) is 8.85. The lowest BCUT2D eigenvalue weighted by Crippen LogP contribution is -2.48. The van der Waals surface area contributed by atoms with Crippen LogP contribution in [0.4, 0.5) is 35.3 Å². The highest BCUT2D eigenvalue weighted by Gasteiger charge is 2.43. The van der Waals surface area contributed by atoms with Gasteiger partial charge in [0.15, 0.2) is 17.4 Å². The van der Waals surface area contributed by atoms with E-state index in [4.69, 9.17) is 9.47 Å². The highest BCUT2D eigenvalue weighted by atomic mass is 19.4. The molecular weight excluding hydrogens is 551 g/mol. The van der Waals surface area contributed by atoms with E-state index < -0.39 is 36.1 Å². The van der Waals surface area contributed by atoms with Crippen LogP contribution >= 0.6 is 0 Å². The number of hydrogen-bond acceptors (Lipinski definition) is 7. The summed E-state index contributed by atoms with van der Waals surface area (Å²) < 4.78 is 51.5. The Hall–Kier alpha value is -3.25. The van der Waals surface area contributed by atoms with Crippen molar-refractivity contribution in [3.8, 4) is 0 Å². The first-order valence-corrected chi connectivity index (χ1v) is 14.8. The summed E-state index contributed by atoms with van der Waals surface area (Å²) in [6.07, 6.45) is 4.13. The van der Waals surface area contributed by atoms with Crippen LogP contribution in [-0.2, 0) is 15.9 Å². The van der Waals surface area contributed by atoms with Crippen LogP contribution in [0.1, 0.15) is 74.3 Å². The molecule has 0 radical (unpaired) electrons. The number of ether oxygens (including phenoxy) is 2. The van der Waals surface area contributed by atoms with E-state index in [0.717, 1.165) is 51.0 Å². The van der Waals surface area contributed by atoms with Gasteiger partial charge in [0, 0.05) is 38.5 Å². The fraction of sp³-hybridized carbons (Fsp3) is 0.600. The lowest BCUT2D eigenvalue weighted by atomic mass is 9.94. The van der Waals surface area contributed by atoms with Gasteiger partial charge in [0.05, 0.1) is 30.4 Å². The average molecular weight is 588 g/mol. The number of nitrogens with zero attached hydrogens (tertiary/aromatic N) is 4. The molecule has 1 spiro atoms. The maximum Gasteiger partial charge on any atom is 0.391 e. The van der Waals surface area contributed by atoms with E-state index in [2.05, 4.69) is 20.2 Å². The lowest BCUT2D eigenvalue weighted by Gasteiger charge is -2.35. The molecule has 42 heavy (non-hydrogen) atoms. The fourth-order valence-electron chi connectivity index (χ4n) is 6.43. The van der Waals surface area contributed by atoms with Gasteiger partial charge in [-0.05, 0) is 61.9 Å². The van der Waals surface area contributed by atoms with E-state index in [1.807, 2.05) is 12.1 Å². The summed E-state index contributed by atoms with van der Waals surface area (Å²) in [6, 6.07) is 6.23. The van der Waals surface area contributed by atoms with E-state index in [1.165, 1.54) is 17.4 Å². The summed E-state index contributed by atoms with van der Waals surface area (Å²) in [6.45, 7) is 2.89. The summed E-state index contributed by atoms with van der Waals surface area (Å²) in [7, 11) is 0. The SMILES string of the molecule is C[C@@H](CC(=O)c1ccc2c(n1)N(C(=O)Nc1cc(CCC3COC4(CCCCC4)O3)ccn1)[C@H]1CCN2C1)C(F)(F)F. The molecule has 5 heterocycles. The van der Waals surface area contributed by atoms with Crippen LogP contribution in [0.3, 0.4) is 0 Å². The molecule has 4 aliphatic rings. The minimum atomic E-state index is -4.47. The molecule has 1 aliphatic carbocycles. The number of alkyl halides is 3. The highest BCUT2D eigenvalue weighted by molar-refractivity contribution is 6.05. The van der Waals surface area contributed by atoms with E-state index in [-0.39, 0.29) is 23.7 Å². The molecule has 2 aromatic heterocycles. The summed E-state index contributed by atoms with van der Waals surface area (Å²) in [4.78, 5) is 38.7. The third-order valence-electron chi connectivity index (χ3n) is 8.85. The molecule has 2 bridgehead atoms. The van der Waals surface area contributed by atoms with Crippen LogP contribution in [0.25, 0.3) is 0 Å². The number of aromatic nitrogens is 2. The van der Waals surface area contributed by atoms with Crippen molar-refractivity contribution in [2.45, 2.75) is 88.8 Å². The second-order valence-corrected chi connectivity index (χ2v) is 11.9. The van der Waals surface area contributed by atoms with Crippen LogP contribution in [0.15, 0.2) is 30.5 Å². The number of Topliss-reactive ketones (excluding diaryl/α,β-unsaturated/α-hetero) is 1. The van der Waals surface area contributed by atoms with Crippen molar-refractivity contribution in [1.82, 2.24) is 9.97 Å². The standard InChI is InChI=1S/C30H36F3N5O4/c1-19(30(31,32)33)15-25(39)23-7-8-24-27(35-23)38(21-10-14-37(24)17-21)28(40)36-26-16-20(9-13-34-26)5-6-22-18-41-29(42-22)11-3-2-4-12-29/h7-9,13,16,19,21-22H,2-6,10-12,14-15,17-18H2,1H3,(H,34,36,40)/t19-,21-,22?/m0/s1. The van der Waals surface area contributed by atoms with E-state index in [0.29, 0.717) is 37.6 Å². The molecule has 1 unspecified atom stereocenters. The van der Waals surface area contributed by atoms with Gasteiger partial charge in [-0.3, -0.25) is 15.0 Å². The predicted molar refractivity (Wildman–Crippen MR) is 150 cm³/mol. The molecule has 3 atom stereocenters. The number of urea groups is 1. The van der Waals surface area contributed by atoms with Gasteiger partial charge >= 0.3 is 12.2 Å². The van der Waals surface area contributed by atoms with Gasteiger partial charge in [0.1, 0.15) is 11.5 Å². The second kappa shape index (κ2) is 11.4. The zero-order valence-electron chi connectivity index (χ0n) is 23.7. The average Bonchev–Trinajstić information content (AvgIpc) is 3.56. The van der Waals surface area contributed by atoms with Gasteiger partial charge in [-0.2, -0.15) is 13.2 Å². The van der Waals surface area contributed by atoms with E-state index >= 15 is 0 Å². The number of anilines is 3. The van der Waals surface area contributed by atoms with Crippen LogP contribution in [0.2, 0.25) is 0 Å². The van der Waals surface area contributed by atoms with Crippen LogP contribution < -0.4 is 15.1 Å². The number of pyridine rings is 2. The van der Waals surface area contributed by atoms with Crippen molar-refractivity contribution in [1.29, 1.82) is 0 Å². The van der Waals surface area contributed by atoms with Crippen molar-refractivity contribution in [2.24, 2.45) is 5.92 Å². The van der Waals surface area contributed by atoms with Crippen LogP contribution in [-0.4, -0.2) is 65.6 Å². The molecule has 3 aliphatic heterocycles. The zero-order valence-corrected chi connectivity index (χ0v) is 23.7. The Morgan fingerprint density at radius 3 is 2.79 bits per heavy atom. The zero-order chi connectivity index (χ0) is 29.5. The van der Waals surface area contributed by atoms with Crippen LogP contribution in [0, 0.1) is 5.92 Å². The molecule has 12 heteroatoms. The maximum atomic E-state index is 13.6. The lowest BCUT2D eigenvalue weighted by molar-refractivity contribution is -0.187. The highest BCUT2D eigenvalue weighted by Crippen LogP contribution is 2.40. The summed E-state index contributed by atoms with van der Waals surface area (Å²) in [5.41, 5.74) is 1.60. The summed E-state index contributed by atoms with van der Waals surface area (Å²) in [5.74, 6) is -2.25. The van der Waals surface area contributed by atoms with E-state index in [1.54, 1.807) is 12.3 Å². The Bertz CT molecular complexity index is 1330. The minimum absolute atomic E-state index is 0.0339. The Kier molecular flexibility index (Phi) is 7.86. The molecular formula is C30H36F3N5O4. The number of nitrogens with one attached hydrogen (secondary N) is 1. The summed E-state index contributed by atoms with van der Waals surface area (Å²) >= 11 is 0. The van der Waals surface area contributed by atoms with E-state index in [9.17, 15) is 22.8 Å². The molecule has 2 amide bonds. The van der Waals surface area contributed by atoms with Gasteiger partial charge in [-0.1, -0.05) is 13.3 Å². The number of ketones is 1. The monoisotopic (exact) mass is 587 g/mol. The molecule has 1 saturated carbocycles. The maximum absolute atomic E-state index is 13.6. The number of carbonyl (C=O) groups is 2. The number of carbonyl (C=O) groups excluding carboxylic acids is 2. The Morgan fingerprint density at radius 2 is 2.00 bits per heavy atom. The molecule has 226 valence electrons. The molecule has 0 aromatic carbocycles. The molecule has 2 saturated heterocycles. The molecule has 6 rings (SSSR count). The number of fused-ring (bicyclic) bond motifs is 4. The van der Waals surface area contributed by atoms with Crippen molar-refractivity contribution in [3.05, 3.63) is 41.7 Å². The number of aryl methyl sites for hydroxylation is 1. The second-order valence-electron chi connectivity index (χ2n) is 11.9. The first kappa shape index (κ1) is 28.9. The van der Waals surface area contributed by atoms with Crippen molar-refractivity contribution in [3.63, 3.8) is 0 Å². The normalized spacial score (nSPS) is 23.6. The number of amides is 2. The van der Waals surface area contributed by atoms with Crippen molar-refractivity contribution in [2.75, 3.05) is 34.8 Å². The third kappa shape index (κ3) is 5.96. The Labute approximate surface area is 242 Å². The topological polar surface area (TPSA) is 96.9 Å². The van der Waals surface area contributed by atoms with Gasteiger partial charge in [-0.15, -0.1) is 0 Å². The minimum Gasteiger partial charge on any atom is -0.366 e. The van der Waals surface area contributed by atoms with Crippen molar-refractivity contribution >= 4 is 29.1 Å². The number of rotatable bonds is 7. The predicted octanol–water partition coefficient (Wildman–Crippen LogP) is 5.89. The van der Waals surface area contributed by atoms with Gasteiger partial charge in [-0.25, -0.2) is 14.8 Å². The van der Waals surface area contributed by atoms with Crippen LogP contribution in [0.5, 0.6) is 0 Å². The smallest absolute Gasteiger partial charge is 0.366 e. The van der Waals surface area contributed by atoms with Gasteiger partial charge in [0.2, 0.25) is 0 Å². The Balaban J connectivity index is 1.13. The first-order valence-electron chi connectivity index (χ1n) is 14.8. The van der Waals surface area contributed by atoms with Gasteiger partial charge < -0.3 is 14.4 Å². The molecule has 2 aromatic rings. The van der Waals surface area contributed by atoms with Gasteiger partial charge in [0.25, 0.3) is 0 Å². The number of hydrogen-bond donors (Lipinski definition) is 1. The Morgan fingerprint density at radius 1 is 1.19 bits per heavy atom. The first-order chi connectivity index (χ1) is 20.1. The van der Waals surface area contributed by atoms with Crippen molar-refractivity contribution < 1.29 is 32.2 Å². The molecule has 1 N–H and O–H groups in total. The summed E-state index contributed by atoms with van der Waals surface area (Å²) in [5, 5.41) is 2.88. The largest absolute Gasteiger partial charge is 0.391 e. The fourth-order valence-corrected chi connectivity index (χ4v) is 6.43. The molecule has 3 fully saturated rings. The number of halogens is 3. The quantitative estimate of drug-likeness (QED) is 0.404. The molecule has 9 nitrogen and oxygen atoms in total.